The summed E-state index contributed by atoms with van der Waals surface area (Å²) < 4.78 is 6.32. The smallest absolute Gasteiger partial charge is 0.414 e. The molecule has 2 N–H and O–H groups in total. The average Bonchev–Trinajstić information content (AvgIpc) is 2.84. The van der Waals surface area contributed by atoms with Gasteiger partial charge in [-0.1, -0.05) is 11.2 Å². The molecule has 1 amide bonds. The molecule has 0 bridgehead atoms. The highest BCUT2D eigenvalue weighted by Gasteiger charge is 2.19. The summed E-state index contributed by atoms with van der Waals surface area (Å²) >= 11 is 0. The predicted molar refractivity (Wildman–Crippen MR) is 76.0 cm³/mol. The van der Waals surface area contributed by atoms with Crippen LogP contribution in [0, 0.1) is 0 Å². The highest BCUT2D eigenvalue weighted by atomic mass is 16.6. The van der Waals surface area contributed by atoms with Crippen molar-refractivity contribution >= 4 is 18.0 Å². The molecule has 1 aromatic heterocycles. The summed E-state index contributed by atoms with van der Waals surface area (Å²) in [7, 11) is 0. The number of aromatic carboxylic acids is 1. The van der Waals surface area contributed by atoms with Crippen molar-refractivity contribution in [3.05, 3.63) is 29.8 Å². The molecule has 116 valence electrons. The van der Waals surface area contributed by atoms with Crippen molar-refractivity contribution in [2.45, 2.75) is 26.4 Å². The quantitative estimate of drug-likeness (QED) is 0.885. The first kappa shape index (κ1) is 15.4. The summed E-state index contributed by atoms with van der Waals surface area (Å²) in [6.07, 6.45) is -0.710. The Kier molecular flexibility index (Phi) is 4.06. The number of carbonyl (C=O) groups is 2. The van der Waals surface area contributed by atoms with Gasteiger partial charge in [-0.05, 0) is 49.4 Å². The summed E-state index contributed by atoms with van der Waals surface area (Å²) in [5.41, 5.74) is -0.182. The highest BCUT2D eigenvalue weighted by Crippen LogP contribution is 2.15. The third-order valence-electron chi connectivity index (χ3n) is 2.42. The molecular weight excluding hydrogens is 290 g/mol. The standard InChI is InChI=1S/C13H15N5O4/c1-13(2,3)22-12(21)14-11-15-16-17-18(11)9-6-4-5-8(7-9)10(19)20/h4-7H,1-3H3,(H,19,20)(H,14,15,17,21). The second-order valence-electron chi connectivity index (χ2n) is 5.40. The molecule has 22 heavy (non-hydrogen) atoms. The van der Waals surface area contributed by atoms with Gasteiger partial charge in [-0.3, -0.25) is 5.32 Å². The minimum absolute atomic E-state index is 0.0248. The first-order valence-corrected chi connectivity index (χ1v) is 6.38. The fourth-order valence-corrected chi connectivity index (χ4v) is 1.60. The van der Waals surface area contributed by atoms with E-state index in [1.165, 1.54) is 16.8 Å². The van der Waals surface area contributed by atoms with E-state index >= 15 is 0 Å². The van der Waals surface area contributed by atoms with Crippen molar-refractivity contribution in [2.24, 2.45) is 0 Å². The molecule has 0 spiro atoms. The minimum Gasteiger partial charge on any atom is -0.478 e. The summed E-state index contributed by atoms with van der Waals surface area (Å²) in [4.78, 5) is 22.7. The van der Waals surface area contributed by atoms with Crippen LogP contribution in [0.1, 0.15) is 31.1 Å². The topological polar surface area (TPSA) is 119 Å². The van der Waals surface area contributed by atoms with Crippen molar-refractivity contribution in [3.8, 4) is 5.69 Å². The number of tetrazole rings is 1. The molecule has 0 fully saturated rings. The lowest BCUT2D eigenvalue weighted by Crippen LogP contribution is -2.28. The van der Waals surface area contributed by atoms with Crippen LogP contribution in [0.4, 0.5) is 10.7 Å². The third-order valence-corrected chi connectivity index (χ3v) is 2.42. The summed E-state index contributed by atoms with van der Waals surface area (Å²) in [5.74, 6) is -1.05. The summed E-state index contributed by atoms with van der Waals surface area (Å²) in [6, 6.07) is 6.00. The largest absolute Gasteiger partial charge is 0.478 e. The number of hydrogen-bond donors (Lipinski definition) is 2. The van der Waals surface area contributed by atoms with Crippen LogP contribution in [0.2, 0.25) is 0 Å². The van der Waals surface area contributed by atoms with Crippen LogP contribution in [0.3, 0.4) is 0 Å². The zero-order valence-electron chi connectivity index (χ0n) is 12.3. The van der Waals surface area contributed by atoms with Crippen LogP contribution in [0.15, 0.2) is 24.3 Å². The van der Waals surface area contributed by atoms with Crippen molar-refractivity contribution in [1.82, 2.24) is 20.2 Å². The molecule has 0 aliphatic heterocycles. The monoisotopic (exact) mass is 305 g/mol. The lowest BCUT2D eigenvalue weighted by molar-refractivity contribution is 0.0632. The van der Waals surface area contributed by atoms with Crippen LogP contribution in [-0.4, -0.2) is 43.0 Å². The molecular formula is C13H15N5O4. The number of rotatable bonds is 3. The average molecular weight is 305 g/mol. The van der Waals surface area contributed by atoms with E-state index < -0.39 is 17.7 Å². The maximum atomic E-state index is 11.7. The number of carbonyl (C=O) groups excluding carboxylic acids is 1. The van der Waals surface area contributed by atoms with Crippen molar-refractivity contribution < 1.29 is 19.4 Å². The SMILES string of the molecule is CC(C)(C)OC(=O)Nc1nnnn1-c1cccc(C(=O)O)c1. The zero-order chi connectivity index (χ0) is 16.3. The number of amides is 1. The number of ether oxygens (including phenoxy) is 1. The Morgan fingerprint density at radius 1 is 1.32 bits per heavy atom. The lowest BCUT2D eigenvalue weighted by Gasteiger charge is -2.19. The van der Waals surface area contributed by atoms with Gasteiger partial charge in [0.15, 0.2) is 0 Å². The lowest BCUT2D eigenvalue weighted by atomic mass is 10.2. The number of carboxylic acid groups (broad SMARTS) is 1. The summed E-state index contributed by atoms with van der Waals surface area (Å²) in [5, 5.41) is 22.3. The van der Waals surface area contributed by atoms with Gasteiger partial charge in [0.05, 0.1) is 11.3 Å². The molecule has 1 heterocycles. The van der Waals surface area contributed by atoms with Gasteiger partial charge in [0.2, 0.25) is 0 Å². The summed E-state index contributed by atoms with van der Waals surface area (Å²) in [6.45, 7) is 5.18. The molecule has 0 radical (unpaired) electrons. The molecule has 0 atom stereocenters. The number of carboxylic acids is 1. The molecule has 9 nitrogen and oxygen atoms in total. The predicted octanol–water partition coefficient (Wildman–Crippen LogP) is 1.71. The van der Waals surface area contributed by atoms with E-state index in [4.69, 9.17) is 9.84 Å². The van der Waals surface area contributed by atoms with Gasteiger partial charge in [-0.25, -0.2) is 9.59 Å². The number of nitrogens with one attached hydrogen (secondary N) is 1. The van der Waals surface area contributed by atoms with E-state index in [1.54, 1.807) is 32.9 Å². The van der Waals surface area contributed by atoms with Gasteiger partial charge in [-0.15, -0.1) is 0 Å². The van der Waals surface area contributed by atoms with E-state index in [2.05, 4.69) is 20.8 Å². The fourth-order valence-electron chi connectivity index (χ4n) is 1.60. The highest BCUT2D eigenvalue weighted by molar-refractivity contribution is 5.88. The molecule has 0 aliphatic carbocycles. The minimum atomic E-state index is -1.07. The second kappa shape index (κ2) is 5.80. The Balaban J connectivity index is 2.25. The Morgan fingerprint density at radius 2 is 2.05 bits per heavy atom. The van der Waals surface area contributed by atoms with Gasteiger partial charge in [-0.2, -0.15) is 4.68 Å². The number of nitrogens with zero attached hydrogens (tertiary/aromatic N) is 4. The van der Waals surface area contributed by atoms with Crippen LogP contribution in [-0.2, 0) is 4.74 Å². The van der Waals surface area contributed by atoms with Crippen molar-refractivity contribution in [3.63, 3.8) is 0 Å². The Hall–Kier alpha value is -2.97. The molecule has 0 aliphatic rings. The normalized spacial score (nSPS) is 11.0. The Morgan fingerprint density at radius 3 is 2.68 bits per heavy atom. The zero-order valence-corrected chi connectivity index (χ0v) is 12.3. The van der Waals surface area contributed by atoms with Gasteiger partial charge >= 0.3 is 12.1 Å². The Bertz CT molecular complexity index is 704. The number of anilines is 1. The van der Waals surface area contributed by atoms with Crippen LogP contribution in [0.5, 0.6) is 0 Å². The van der Waals surface area contributed by atoms with Gasteiger partial charge in [0.25, 0.3) is 5.95 Å². The number of benzene rings is 1. The maximum absolute atomic E-state index is 11.7. The Labute approximate surface area is 125 Å². The van der Waals surface area contributed by atoms with Gasteiger partial charge in [0, 0.05) is 0 Å². The number of aromatic nitrogens is 4. The second-order valence-corrected chi connectivity index (χ2v) is 5.40. The van der Waals surface area contributed by atoms with E-state index in [0.717, 1.165) is 0 Å². The third kappa shape index (κ3) is 3.78. The van der Waals surface area contributed by atoms with E-state index in [1.807, 2.05) is 0 Å². The van der Waals surface area contributed by atoms with Crippen LogP contribution >= 0.6 is 0 Å². The molecule has 0 saturated carbocycles. The van der Waals surface area contributed by atoms with Crippen LogP contribution < -0.4 is 5.32 Å². The molecule has 2 rings (SSSR count). The van der Waals surface area contributed by atoms with E-state index in [9.17, 15) is 9.59 Å². The molecule has 0 unspecified atom stereocenters. The fraction of sp³-hybridized carbons (Fsp3) is 0.308. The molecule has 1 aromatic carbocycles. The molecule has 9 heteroatoms. The van der Waals surface area contributed by atoms with E-state index in [-0.39, 0.29) is 11.5 Å². The molecule has 0 saturated heterocycles. The first-order chi connectivity index (χ1) is 10.3. The number of hydrogen-bond acceptors (Lipinski definition) is 6. The van der Waals surface area contributed by atoms with Crippen molar-refractivity contribution in [2.75, 3.05) is 5.32 Å². The van der Waals surface area contributed by atoms with Crippen LogP contribution in [0.25, 0.3) is 5.69 Å². The van der Waals surface area contributed by atoms with Gasteiger partial charge in [0.1, 0.15) is 5.60 Å². The maximum Gasteiger partial charge on any atom is 0.414 e. The van der Waals surface area contributed by atoms with Crippen molar-refractivity contribution in [1.29, 1.82) is 0 Å². The van der Waals surface area contributed by atoms with E-state index in [0.29, 0.717) is 5.69 Å². The molecule has 2 aromatic rings. The first-order valence-electron chi connectivity index (χ1n) is 6.38. The van der Waals surface area contributed by atoms with Gasteiger partial charge < -0.3 is 9.84 Å².